The molecule has 0 saturated carbocycles. The van der Waals surface area contributed by atoms with Crippen LogP contribution in [0, 0.1) is 22.7 Å². The van der Waals surface area contributed by atoms with Crippen molar-refractivity contribution < 1.29 is 0 Å². The van der Waals surface area contributed by atoms with E-state index in [1.54, 1.807) is 12.4 Å². The smallest absolute Gasteiger partial charge is 0.189 e. The second-order valence-corrected chi connectivity index (χ2v) is 8.09. The van der Waals surface area contributed by atoms with E-state index in [2.05, 4.69) is 35.9 Å². The summed E-state index contributed by atoms with van der Waals surface area (Å²) >= 11 is 1.52. The topological polar surface area (TPSA) is 131 Å². The van der Waals surface area contributed by atoms with Gasteiger partial charge in [0.15, 0.2) is 5.16 Å². The SMILES string of the molecule is CSc1nccc(N2CCC(C(CC#N)N=CC(C=N)c3ncnc4[nH]ccc34)C2)n1. The van der Waals surface area contributed by atoms with Crippen molar-refractivity contribution in [2.24, 2.45) is 10.9 Å². The number of thioether (sulfide) groups is 1. The predicted octanol–water partition coefficient (Wildman–Crippen LogP) is 3.08. The van der Waals surface area contributed by atoms with Crippen LogP contribution in [0.4, 0.5) is 5.82 Å². The van der Waals surface area contributed by atoms with Crippen LogP contribution >= 0.6 is 11.8 Å². The summed E-state index contributed by atoms with van der Waals surface area (Å²) in [6, 6.07) is 5.97. The summed E-state index contributed by atoms with van der Waals surface area (Å²) in [4.78, 5) is 27.5. The molecular formula is C21H23N9S. The molecule has 1 aliphatic heterocycles. The molecule has 0 spiro atoms. The summed E-state index contributed by atoms with van der Waals surface area (Å²) in [5.74, 6) is 0.786. The average Bonchev–Trinajstić information content (AvgIpc) is 3.49. The van der Waals surface area contributed by atoms with Gasteiger partial charge in [0.05, 0.1) is 30.1 Å². The Labute approximate surface area is 184 Å². The highest BCUT2D eigenvalue weighted by Crippen LogP contribution is 2.28. The molecule has 3 unspecified atom stereocenters. The zero-order chi connectivity index (χ0) is 21.6. The third-order valence-electron chi connectivity index (χ3n) is 5.51. The molecule has 4 rings (SSSR count). The molecule has 0 amide bonds. The van der Waals surface area contributed by atoms with Crippen LogP contribution < -0.4 is 4.90 Å². The number of hydrogen-bond donors (Lipinski definition) is 2. The Morgan fingerprint density at radius 1 is 1.42 bits per heavy atom. The molecular weight excluding hydrogens is 410 g/mol. The minimum absolute atomic E-state index is 0.136. The standard InChI is InChI=1S/C21H23N9S/c1-31-21-25-8-4-18(29-21)30-9-5-14(12-30)17(2-6-22)26-11-15(10-23)19-16-3-7-24-20(16)28-13-27-19/h3-4,7-8,10-11,13-15,17,23H,2,5,9,12H2,1H3,(H,24,27,28). The Bertz CT molecular complexity index is 1120. The van der Waals surface area contributed by atoms with Gasteiger partial charge in [-0.3, -0.25) is 4.99 Å². The molecule has 0 aromatic carbocycles. The lowest BCUT2D eigenvalue weighted by atomic mass is 9.96. The van der Waals surface area contributed by atoms with Crippen LogP contribution in [0.2, 0.25) is 0 Å². The molecule has 3 aromatic rings. The fourth-order valence-corrected chi connectivity index (χ4v) is 4.26. The van der Waals surface area contributed by atoms with Crippen molar-refractivity contribution in [3.05, 3.63) is 36.5 Å². The summed E-state index contributed by atoms with van der Waals surface area (Å²) in [6.45, 7) is 1.66. The first-order valence-corrected chi connectivity index (χ1v) is 11.3. The first-order valence-electron chi connectivity index (χ1n) is 10.0. The zero-order valence-electron chi connectivity index (χ0n) is 17.1. The molecule has 0 aliphatic carbocycles. The lowest BCUT2D eigenvalue weighted by molar-refractivity contribution is 0.467. The van der Waals surface area contributed by atoms with E-state index in [1.165, 1.54) is 24.3 Å². The number of fused-ring (bicyclic) bond motifs is 1. The number of H-pyrrole nitrogens is 1. The van der Waals surface area contributed by atoms with Crippen molar-refractivity contribution in [1.29, 1.82) is 10.7 Å². The highest BCUT2D eigenvalue weighted by molar-refractivity contribution is 7.98. The minimum Gasteiger partial charge on any atom is -0.356 e. The first-order chi connectivity index (χ1) is 15.2. The number of hydrogen-bond acceptors (Lipinski definition) is 9. The third-order valence-corrected chi connectivity index (χ3v) is 6.07. The van der Waals surface area contributed by atoms with Crippen LogP contribution in [0.1, 0.15) is 24.5 Å². The maximum Gasteiger partial charge on any atom is 0.189 e. The molecule has 3 atom stereocenters. The number of aliphatic imine (C=N–C) groups is 1. The normalized spacial score (nSPS) is 18.3. The molecule has 1 fully saturated rings. The monoisotopic (exact) mass is 433 g/mol. The fraction of sp³-hybridized carbons (Fsp3) is 0.381. The maximum atomic E-state index is 9.37. The van der Waals surface area contributed by atoms with Crippen LogP contribution in [-0.4, -0.2) is 62.7 Å². The van der Waals surface area contributed by atoms with Crippen LogP contribution in [0.3, 0.4) is 0 Å². The Morgan fingerprint density at radius 3 is 3.13 bits per heavy atom. The van der Waals surface area contributed by atoms with Crippen molar-refractivity contribution in [3.8, 4) is 6.07 Å². The van der Waals surface area contributed by atoms with Crippen molar-refractivity contribution in [3.63, 3.8) is 0 Å². The molecule has 1 saturated heterocycles. The second kappa shape index (κ2) is 9.66. The summed E-state index contributed by atoms with van der Waals surface area (Å²) < 4.78 is 0. The lowest BCUT2D eigenvalue weighted by Gasteiger charge is -2.20. The number of aromatic amines is 1. The highest BCUT2D eigenvalue weighted by Gasteiger charge is 2.30. The fourth-order valence-electron chi connectivity index (χ4n) is 3.90. The van der Waals surface area contributed by atoms with E-state index in [-0.39, 0.29) is 17.9 Å². The van der Waals surface area contributed by atoms with Crippen molar-refractivity contribution in [2.45, 2.75) is 30.0 Å². The summed E-state index contributed by atoms with van der Waals surface area (Å²) in [5.41, 5.74) is 1.47. The number of rotatable bonds is 8. The van der Waals surface area contributed by atoms with Gasteiger partial charge in [-0.2, -0.15) is 5.26 Å². The molecule has 2 N–H and O–H groups in total. The maximum absolute atomic E-state index is 9.37. The van der Waals surface area contributed by atoms with Gasteiger partial charge in [0, 0.05) is 49.2 Å². The third kappa shape index (κ3) is 4.56. The quantitative estimate of drug-likeness (QED) is 0.317. The molecule has 158 valence electrons. The molecule has 0 bridgehead atoms. The first kappa shape index (κ1) is 20.9. The lowest BCUT2D eigenvalue weighted by Crippen LogP contribution is -2.26. The molecule has 31 heavy (non-hydrogen) atoms. The Balaban J connectivity index is 1.51. The van der Waals surface area contributed by atoms with E-state index in [0.717, 1.165) is 47.2 Å². The number of nitrogens with one attached hydrogen (secondary N) is 2. The summed E-state index contributed by atoms with van der Waals surface area (Å²) in [7, 11) is 0. The summed E-state index contributed by atoms with van der Waals surface area (Å²) in [6.07, 6.45) is 11.4. The summed E-state index contributed by atoms with van der Waals surface area (Å²) in [5, 5.41) is 18.9. The molecule has 0 radical (unpaired) electrons. The van der Waals surface area contributed by atoms with Gasteiger partial charge in [0.25, 0.3) is 0 Å². The van der Waals surface area contributed by atoms with Gasteiger partial charge >= 0.3 is 0 Å². The average molecular weight is 434 g/mol. The van der Waals surface area contributed by atoms with E-state index < -0.39 is 0 Å². The predicted molar refractivity (Wildman–Crippen MR) is 122 cm³/mol. The number of nitrogens with zero attached hydrogens (tertiary/aromatic N) is 7. The molecule has 9 nitrogen and oxygen atoms in total. The van der Waals surface area contributed by atoms with Crippen LogP contribution in [0.25, 0.3) is 11.0 Å². The van der Waals surface area contributed by atoms with Crippen LogP contribution in [0.15, 0.2) is 41.0 Å². The Hall–Kier alpha value is -3.32. The van der Waals surface area contributed by atoms with Crippen molar-refractivity contribution >= 4 is 41.0 Å². The second-order valence-electron chi connectivity index (χ2n) is 7.32. The van der Waals surface area contributed by atoms with Gasteiger partial charge in [0.1, 0.15) is 17.8 Å². The Morgan fingerprint density at radius 2 is 2.32 bits per heavy atom. The van der Waals surface area contributed by atoms with E-state index in [9.17, 15) is 5.26 Å². The van der Waals surface area contributed by atoms with Gasteiger partial charge in [0.2, 0.25) is 0 Å². The van der Waals surface area contributed by atoms with Gasteiger partial charge in [-0.1, -0.05) is 11.8 Å². The van der Waals surface area contributed by atoms with Crippen LogP contribution in [-0.2, 0) is 0 Å². The van der Waals surface area contributed by atoms with E-state index in [0.29, 0.717) is 6.42 Å². The van der Waals surface area contributed by atoms with Gasteiger partial charge < -0.3 is 15.3 Å². The molecule has 1 aliphatic rings. The zero-order valence-corrected chi connectivity index (χ0v) is 18.0. The van der Waals surface area contributed by atoms with Crippen molar-refractivity contribution in [2.75, 3.05) is 24.2 Å². The van der Waals surface area contributed by atoms with Gasteiger partial charge in [-0.05, 0) is 24.8 Å². The van der Waals surface area contributed by atoms with Crippen LogP contribution in [0.5, 0.6) is 0 Å². The van der Waals surface area contributed by atoms with Gasteiger partial charge in [-0.25, -0.2) is 19.9 Å². The molecule has 3 aromatic heterocycles. The number of nitriles is 1. The highest BCUT2D eigenvalue weighted by atomic mass is 32.2. The number of anilines is 1. The van der Waals surface area contributed by atoms with Crippen molar-refractivity contribution in [1.82, 2.24) is 24.9 Å². The van der Waals surface area contributed by atoms with E-state index in [1.807, 2.05) is 24.6 Å². The van der Waals surface area contributed by atoms with Gasteiger partial charge in [-0.15, -0.1) is 0 Å². The largest absolute Gasteiger partial charge is 0.356 e. The number of aromatic nitrogens is 5. The Kier molecular flexibility index (Phi) is 6.52. The van der Waals surface area contributed by atoms with E-state index >= 15 is 0 Å². The minimum atomic E-state index is -0.369. The van der Waals surface area contributed by atoms with E-state index in [4.69, 9.17) is 10.4 Å². The molecule has 4 heterocycles. The molecule has 10 heteroatoms.